The molecule has 0 aliphatic carbocycles. The fourth-order valence-corrected chi connectivity index (χ4v) is 1.49. The third-order valence-electron chi connectivity index (χ3n) is 2.39. The van der Waals surface area contributed by atoms with E-state index in [2.05, 4.69) is 51.2 Å². The van der Waals surface area contributed by atoms with Gasteiger partial charge in [-0.3, -0.25) is 0 Å². The van der Waals surface area contributed by atoms with Gasteiger partial charge in [0, 0.05) is 18.8 Å². The van der Waals surface area contributed by atoms with Crippen LogP contribution in [0.3, 0.4) is 0 Å². The molecule has 1 aliphatic rings. The monoisotopic (exact) mass is 221 g/mol. The van der Waals surface area contributed by atoms with Crippen molar-refractivity contribution in [2.75, 3.05) is 13.1 Å². The smallest absolute Gasteiger partial charge is 0.0175 e. The zero-order valence-corrected chi connectivity index (χ0v) is 11.2. The Bertz CT molecular complexity index is 195. The highest BCUT2D eigenvalue weighted by molar-refractivity contribution is 4.98. The Labute approximate surface area is 102 Å². The van der Waals surface area contributed by atoms with Crippen LogP contribution in [0.1, 0.15) is 46.5 Å². The summed E-state index contributed by atoms with van der Waals surface area (Å²) < 4.78 is 0. The maximum Gasteiger partial charge on any atom is 0.0175 e. The predicted octanol–water partition coefficient (Wildman–Crippen LogP) is 4.23. The van der Waals surface area contributed by atoms with E-state index in [1.165, 1.54) is 38.0 Å². The molecule has 0 N–H and O–H groups in total. The molecule has 0 aromatic heterocycles. The third-order valence-corrected chi connectivity index (χ3v) is 2.39. The summed E-state index contributed by atoms with van der Waals surface area (Å²) in [5, 5.41) is 0. The Hall–Kier alpha value is -1.16. The Kier molecular flexibility index (Phi) is 14.9. The minimum absolute atomic E-state index is 1.08. The maximum atomic E-state index is 4.00. The van der Waals surface area contributed by atoms with E-state index >= 15 is 0 Å². The van der Waals surface area contributed by atoms with E-state index in [4.69, 9.17) is 0 Å². The molecule has 1 heteroatoms. The number of hydrogen-bond donors (Lipinski definition) is 0. The molecule has 0 spiro atoms. The summed E-state index contributed by atoms with van der Waals surface area (Å²) in [5.74, 6) is 0. The van der Waals surface area contributed by atoms with Crippen LogP contribution < -0.4 is 0 Å². The molecule has 0 saturated carbocycles. The molecule has 0 amide bonds. The number of terminal acetylenes is 1. The van der Waals surface area contributed by atoms with Crippen LogP contribution in [0.5, 0.6) is 0 Å². The fourth-order valence-electron chi connectivity index (χ4n) is 1.49. The summed E-state index contributed by atoms with van der Waals surface area (Å²) in [7, 11) is 0. The number of allylic oxidation sites excluding steroid dienone is 3. The minimum Gasteiger partial charge on any atom is -0.375 e. The van der Waals surface area contributed by atoms with Gasteiger partial charge in [-0.05, 0) is 32.6 Å². The molecule has 1 rings (SSSR count). The molecule has 1 fully saturated rings. The lowest BCUT2D eigenvalue weighted by Gasteiger charge is -2.17. The SMILES string of the molecule is C#C.C=CCC.CC/C=C(\C)N1CCCC1. The van der Waals surface area contributed by atoms with Crippen molar-refractivity contribution in [2.45, 2.75) is 46.5 Å². The second-order valence-corrected chi connectivity index (χ2v) is 3.64. The summed E-state index contributed by atoms with van der Waals surface area (Å²) in [6.07, 6.45) is 17.2. The molecule has 1 heterocycles. The van der Waals surface area contributed by atoms with Crippen molar-refractivity contribution in [3.63, 3.8) is 0 Å². The van der Waals surface area contributed by atoms with Crippen LogP contribution in [-0.2, 0) is 0 Å². The zero-order valence-electron chi connectivity index (χ0n) is 11.2. The highest BCUT2D eigenvalue weighted by Gasteiger charge is 2.10. The Morgan fingerprint density at radius 3 is 1.94 bits per heavy atom. The summed E-state index contributed by atoms with van der Waals surface area (Å²) in [4.78, 5) is 2.48. The first kappa shape index (κ1) is 17.2. The third kappa shape index (κ3) is 9.40. The number of likely N-dealkylation sites (tertiary alicyclic amines) is 1. The molecule has 1 nitrogen and oxygen atoms in total. The Morgan fingerprint density at radius 1 is 1.19 bits per heavy atom. The quantitative estimate of drug-likeness (QED) is 0.509. The lowest BCUT2D eigenvalue weighted by molar-refractivity contribution is 0.426. The van der Waals surface area contributed by atoms with Gasteiger partial charge >= 0.3 is 0 Å². The van der Waals surface area contributed by atoms with Gasteiger partial charge in [0.15, 0.2) is 0 Å². The van der Waals surface area contributed by atoms with Crippen LogP contribution in [0, 0.1) is 12.8 Å². The van der Waals surface area contributed by atoms with E-state index < -0.39 is 0 Å². The molecule has 0 atom stereocenters. The number of hydrogen-bond acceptors (Lipinski definition) is 1. The second kappa shape index (κ2) is 13.8. The van der Waals surface area contributed by atoms with Gasteiger partial charge < -0.3 is 4.90 Å². The topological polar surface area (TPSA) is 3.24 Å². The summed E-state index contributed by atoms with van der Waals surface area (Å²) >= 11 is 0. The van der Waals surface area contributed by atoms with Gasteiger partial charge in [0.05, 0.1) is 0 Å². The van der Waals surface area contributed by atoms with Crippen molar-refractivity contribution in [1.82, 2.24) is 4.90 Å². The van der Waals surface area contributed by atoms with Gasteiger partial charge in [-0.2, -0.15) is 0 Å². The molecule has 92 valence electrons. The van der Waals surface area contributed by atoms with Crippen molar-refractivity contribution in [3.8, 4) is 12.8 Å². The highest BCUT2D eigenvalue weighted by atomic mass is 15.1. The van der Waals surface area contributed by atoms with E-state index in [9.17, 15) is 0 Å². The number of rotatable bonds is 3. The summed E-state index contributed by atoms with van der Waals surface area (Å²) in [5.41, 5.74) is 1.47. The van der Waals surface area contributed by atoms with Crippen LogP contribution in [0.25, 0.3) is 0 Å². The number of nitrogens with zero attached hydrogens (tertiary/aromatic N) is 1. The van der Waals surface area contributed by atoms with E-state index in [1.807, 2.05) is 6.08 Å². The van der Waals surface area contributed by atoms with Crippen molar-refractivity contribution in [1.29, 1.82) is 0 Å². The first-order valence-corrected chi connectivity index (χ1v) is 6.12. The van der Waals surface area contributed by atoms with E-state index in [1.54, 1.807) is 0 Å². The van der Waals surface area contributed by atoms with Gasteiger partial charge in [-0.1, -0.05) is 26.0 Å². The van der Waals surface area contributed by atoms with Crippen molar-refractivity contribution in [2.24, 2.45) is 0 Å². The van der Waals surface area contributed by atoms with Crippen molar-refractivity contribution < 1.29 is 0 Å². The summed E-state index contributed by atoms with van der Waals surface area (Å²) in [6.45, 7) is 12.5. The standard InChI is InChI=1S/C9H17N.C4H8.C2H2/c1-3-6-9(2)10-7-4-5-8-10;1-3-4-2;1-2/h6H,3-5,7-8H2,1-2H3;3H,1,4H2,2H3;1-2H/b9-6+;;. The molecule has 0 bridgehead atoms. The molecule has 0 radical (unpaired) electrons. The molecule has 0 aromatic carbocycles. The predicted molar refractivity (Wildman–Crippen MR) is 75.2 cm³/mol. The van der Waals surface area contributed by atoms with Gasteiger partial charge in [-0.15, -0.1) is 19.4 Å². The van der Waals surface area contributed by atoms with Gasteiger partial charge in [0.1, 0.15) is 0 Å². The molecule has 0 aromatic rings. The van der Waals surface area contributed by atoms with Gasteiger partial charge in [0.2, 0.25) is 0 Å². The van der Waals surface area contributed by atoms with Crippen LogP contribution in [0.2, 0.25) is 0 Å². The minimum atomic E-state index is 1.08. The average Bonchev–Trinajstić information content (AvgIpc) is 2.86. The van der Waals surface area contributed by atoms with Crippen LogP contribution >= 0.6 is 0 Å². The highest BCUT2D eigenvalue weighted by Crippen LogP contribution is 2.13. The molecular weight excluding hydrogens is 194 g/mol. The van der Waals surface area contributed by atoms with E-state index in [0.717, 1.165) is 6.42 Å². The largest absolute Gasteiger partial charge is 0.375 e. The van der Waals surface area contributed by atoms with E-state index in [0.29, 0.717) is 0 Å². The van der Waals surface area contributed by atoms with Crippen molar-refractivity contribution >= 4 is 0 Å². The normalized spacial score (nSPS) is 14.3. The lowest BCUT2D eigenvalue weighted by Crippen LogP contribution is -2.16. The molecule has 0 unspecified atom stereocenters. The first-order valence-electron chi connectivity index (χ1n) is 6.12. The summed E-state index contributed by atoms with van der Waals surface area (Å²) in [6, 6.07) is 0. The average molecular weight is 221 g/mol. The maximum absolute atomic E-state index is 4.00. The molecular formula is C15H27N. The van der Waals surface area contributed by atoms with E-state index in [-0.39, 0.29) is 0 Å². The lowest BCUT2D eigenvalue weighted by atomic mass is 10.3. The van der Waals surface area contributed by atoms with Gasteiger partial charge in [-0.25, -0.2) is 0 Å². The zero-order chi connectivity index (χ0) is 12.8. The van der Waals surface area contributed by atoms with Crippen LogP contribution in [0.4, 0.5) is 0 Å². The molecule has 1 saturated heterocycles. The molecule has 16 heavy (non-hydrogen) atoms. The Morgan fingerprint density at radius 2 is 1.62 bits per heavy atom. The molecule has 1 aliphatic heterocycles. The first-order chi connectivity index (χ1) is 7.76. The Balaban J connectivity index is 0. The van der Waals surface area contributed by atoms with Crippen LogP contribution in [-0.4, -0.2) is 18.0 Å². The fraction of sp³-hybridized carbons (Fsp3) is 0.600. The van der Waals surface area contributed by atoms with Gasteiger partial charge in [0.25, 0.3) is 0 Å². The second-order valence-electron chi connectivity index (χ2n) is 3.64. The van der Waals surface area contributed by atoms with Crippen LogP contribution in [0.15, 0.2) is 24.4 Å². The van der Waals surface area contributed by atoms with Crippen molar-refractivity contribution in [3.05, 3.63) is 24.4 Å².